The number of amides is 2. The van der Waals surface area contributed by atoms with Crippen molar-refractivity contribution in [1.82, 2.24) is 10.9 Å². The standard InChI is InChI=1S/C10H11ClN2.C8H8N2O2/c1-2-5-13-9-4-3-8(7-12)10(11)6-9;11-6-9-10-8(12)7-4-2-1-3-5-7/h3-4,6,13H,2,5H2,1H3;1-6H,(H,9,11)(H,10,12). The van der Waals surface area contributed by atoms with Gasteiger partial charge in [-0.1, -0.05) is 36.7 Å². The minimum absolute atomic E-state index is 0.331. The zero-order valence-corrected chi connectivity index (χ0v) is 14.5. The highest BCUT2D eigenvalue weighted by Crippen LogP contribution is 2.19. The zero-order chi connectivity index (χ0) is 18.5. The molecule has 6 nitrogen and oxygen atoms in total. The van der Waals surface area contributed by atoms with Gasteiger partial charge in [0.1, 0.15) is 6.07 Å². The highest BCUT2D eigenvalue weighted by molar-refractivity contribution is 6.32. The molecule has 0 heterocycles. The molecule has 0 saturated carbocycles. The first-order valence-corrected chi connectivity index (χ1v) is 7.98. The smallest absolute Gasteiger partial charge is 0.269 e. The molecule has 0 aliphatic rings. The second kappa shape index (κ2) is 11.5. The molecule has 3 N–H and O–H groups in total. The largest absolute Gasteiger partial charge is 0.385 e. The van der Waals surface area contributed by atoms with Gasteiger partial charge in [-0.15, -0.1) is 0 Å². The maximum absolute atomic E-state index is 11.1. The Kier molecular flexibility index (Phi) is 9.19. The summed E-state index contributed by atoms with van der Waals surface area (Å²) in [4.78, 5) is 20.9. The van der Waals surface area contributed by atoms with Gasteiger partial charge in [-0.2, -0.15) is 5.26 Å². The number of nitrogens with one attached hydrogen (secondary N) is 3. The number of nitriles is 1. The van der Waals surface area contributed by atoms with Gasteiger partial charge in [0, 0.05) is 17.8 Å². The van der Waals surface area contributed by atoms with Crippen LogP contribution in [0.5, 0.6) is 0 Å². The molecular weight excluding hydrogens is 340 g/mol. The van der Waals surface area contributed by atoms with Crippen molar-refractivity contribution in [3.63, 3.8) is 0 Å². The van der Waals surface area contributed by atoms with Gasteiger partial charge < -0.3 is 5.32 Å². The fourth-order valence-corrected chi connectivity index (χ4v) is 1.96. The maximum atomic E-state index is 11.1. The van der Waals surface area contributed by atoms with E-state index in [2.05, 4.69) is 23.1 Å². The van der Waals surface area contributed by atoms with Crippen LogP contribution < -0.4 is 16.2 Å². The highest BCUT2D eigenvalue weighted by Gasteiger charge is 2.01. The van der Waals surface area contributed by atoms with E-state index in [-0.39, 0.29) is 5.91 Å². The summed E-state index contributed by atoms with van der Waals surface area (Å²) in [5, 5.41) is 12.3. The number of carbonyl (C=O) groups is 2. The number of halogens is 1. The number of rotatable bonds is 6. The van der Waals surface area contributed by atoms with Gasteiger partial charge in [-0.25, -0.2) is 0 Å². The molecule has 0 unspecified atom stereocenters. The van der Waals surface area contributed by atoms with E-state index < -0.39 is 0 Å². The summed E-state index contributed by atoms with van der Waals surface area (Å²) in [6.07, 6.45) is 1.47. The molecule has 0 bridgehead atoms. The predicted octanol–water partition coefficient (Wildman–Crippen LogP) is 3.11. The number of hydrogen-bond donors (Lipinski definition) is 3. The number of benzene rings is 2. The molecule has 0 saturated heterocycles. The minimum atomic E-state index is -0.331. The normalized spacial score (nSPS) is 9.00. The number of hydrazine groups is 1. The average Bonchev–Trinajstić information content (AvgIpc) is 2.65. The molecule has 2 aromatic carbocycles. The van der Waals surface area contributed by atoms with E-state index in [9.17, 15) is 9.59 Å². The van der Waals surface area contributed by atoms with Gasteiger partial charge >= 0.3 is 0 Å². The molecule has 0 spiro atoms. The van der Waals surface area contributed by atoms with Crippen molar-refractivity contribution in [2.24, 2.45) is 0 Å². The fraction of sp³-hybridized carbons (Fsp3) is 0.167. The number of anilines is 1. The highest BCUT2D eigenvalue weighted by atomic mass is 35.5. The molecule has 0 fully saturated rings. The van der Waals surface area contributed by atoms with E-state index in [1.54, 1.807) is 36.4 Å². The Hall–Kier alpha value is -3.04. The van der Waals surface area contributed by atoms with E-state index in [1.807, 2.05) is 18.2 Å². The SMILES string of the molecule is CCCNc1ccc(C#N)c(Cl)c1.O=CNNC(=O)c1ccccc1. The van der Waals surface area contributed by atoms with Gasteiger partial charge in [0.2, 0.25) is 6.41 Å². The van der Waals surface area contributed by atoms with E-state index in [0.29, 0.717) is 22.6 Å². The summed E-state index contributed by atoms with van der Waals surface area (Å²) in [7, 11) is 0. The summed E-state index contributed by atoms with van der Waals surface area (Å²) in [6.45, 7) is 3.01. The molecule has 0 aliphatic carbocycles. The Labute approximate surface area is 151 Å². The number of carbonyl (C=O) groups excluding carboxylic acids is 2. The van der Waals surface area contributed by atoms with Crippen molar-refractivity contribution in [1.29, 1.82) is 5.26 Å². The fourth-order valence-electron chi connectivity index (χ4n) is 1.74. The first kappa shape index (κ1) is 20.0. The van der Waals surface area contributed by atoms with Crippen molar-refractivity contribution in [3.05, 3.63) is 64.7 Å². The molecule has 2 aromatic rings. The van der Waals surface area contributed by atoms with Crippen molar-refractivity contribution in [3.8, 4) is 6.07 Å². The van der Waals surface area contributed by atoms with Crippen LogP contribution in [-0.4, -0.2) is 18.9 Å². The predicted molar refractivity (Wildman–Crippen MR) is 98.1 cm³/mol. The summed E-state index contributed by atoms with van der Waals surface area (Å²) >= 11 is 5.85. The molecule has 0 aromatic heterocycles. The second-order valence-electron chi connectivity index (χ2n) is 4.82. The molecule has 7 heteroatoms. The molecule has 0 aliphatic heterocycles. The van der Waals surface area contributed by atoms with Gasteiger partial charge in [0.05, 0.1) is 10.6 Å². The van der Waals surface area contributed by atoms with Gasteiger partial charge in [0.25, 0.3) is 5.91 Å². The third-order valence-corrected chi connectivity index (χ3v) is 3.26. The molecule has 130 valence electrons. The first-order chi connectivity index (χ1) is 12.1. The lowest BCUT2D eigenvalue weighted by Crippen LogP contribution is -2.36. The summed E-state index contributed by atoms with van der Waals surface area (Å²) in [5.74, 6) is -0.331. The summed E-state index contributed by atoms with van der Waals surface area (Å²) in [5.41, 5.74) is 6.25. The third kappa shape index (κ3) is 7.38. The quantitative estimate of drug-likeness (QED) is 0.546. The van der Waals surface area contributed by atoms with Gasteiger partial charge in [0.15, 0.2) is 0 Å². The van der Waals surface area contributed by atoms with E-state index in [1.165, 1.54) is 0 Å². The zero-order valence-electron chi connectivity index (χ0n) is 13.8. The minimum Gasteiger partial charge on any atom is -0.385 e. The van der Waals surface area contributed by atoms with Crippen LogP contribution in [0.3, 0.4) is 0 Å². The van der Waals surface area contributed by atoms with Crippen LogP contribution in [0.15, 0.2) is 48.5 Å². The first-order valence-electron chi connectivity index (χ1n) is 7.60. The van der Waals surface area contributed by atoms with Crippen molar-refractivity contribution < 1.29 is 9.59 Å². The maximum Gasteiger partial charge on any atom is 0.269 e. The third-order valence-electron chi connectivity index (χ3n) is 2.95. The lowest BCUT2D eigenvalue weighted by atomic mass is 10.2. The van der Waals surface area contributed by atoms with E-state index in [4.69, 9.17) is 16.9 Å². The van der Waals surface area contributed by atoms with Crippen molar-refractivity contribution in [2.45, 2.75) is 13.3 Å². The van der Waals surface area contributed by atoms with E-state index in [0.717, 1.165) is 18.7 Å². The van der Waals surface area contributed by atoms with Crippen LogP contribution in [0.25, 0.3) is 0 Å². The number of hydrogen-bond acceptors (Lipinski definition) is 4. The lowest BCUT2D eigenvalue weighted by molar-refractivity contribution is -0.110. The Morgan fingerprint density at radius 3 is 2.52 bits per heavy atom. The van der Waals surface area contributed by atoms with Crippen molar-refractivity contribution >= 4 is 29.6 Å². The van der Waals surface area contributed by atoms with Crippen LogP contribution in [0.4, 0.5) is 5.69 Å². The van der Waals surface area contributed by atoms with Gasteiger partial charge in [-0.3, -0.25) is 20.4 Å². The van der Waals surface area contributed by atoms with Crippen molar-refractivity contribution in [2.75, 3.05) is 11.9 Å². The van der Waals surface area contributed by atoms with Crippen LogP contribution in [0, 0.1) is 11.3 Å². The van der Waals surface area contributed by atoms with Crippen LogP contribution >= 0.6 is 11.6 Å². The van der Waals surface area contributed by atoms with Crippen LogP contribution in [0.1, 0.15) is 29.3 Å². The Bertz CT molecular complexity index is 730. The topological polar surface area (TPSA) is 94.0 Å². The second-order valence-corrected chi connectivity index (χ2v) is 5.22. The summed E-state index contributed by atoms with van der Waals surface area (Å²) in [6, 6.07) is 16.0. The molecule has 2 amide bonds. The average molecular weight is 359 g/mol. The molecule has 0 atom stereocenters. The number of nitrogens with zero attached hydrogens (tertiary/aromatic N) is 1. The summed E-state index contributed by atoms with van der Waals surface area (Å²) < 4.78 is 0. The molecule has 25 heavy (non-hydrogen) atoms. The lowest BCUT2D eigenvalue weighted by Gasteiger charge is -2.04. The molecular formula is C18H19ClN4O2. The van der Waals surface area contributed by atoms with E-state index >= 15 is 0 Å². The van der Waals surface area contributed by atoms with Gasteiger partial charge in [-0.05, 0) is 36.8 Å². The molecule has 0 radical (unpaired) electrons. The van der Waals surface area contributed by atoms with Crippen LogP contribution in [0.2, 0.25) is 5.02 Å². The molecule has 2 rings (SSSR count). The monoisotopic (exact) mass is 358 g/mol. The van der Waals surface area contributed by atoms with Crippen LogP contribution in [-0.2, 0) is 4.79 Å². The Balaban J connectivity index is 0.000000251. The Morgan fingerprint density at radius 1 is 1.24 bits per heavy atom. The Morgan fingerprint density at radius 2 is 1.96 bits per heavy atom.